The Kier molecular flexibility index (Phi) is 5.16. The SMILES string of the molecule is c1ccc(N2c3cccc4c3B3c5c2cccc5-n2c5c3c(ccc5c3ccc5c6ccccc6n(-c6ccccc6)c5c32)N4c2ccccc2)cc1. The first kappa shape index (κ1) is 27.7. The summed E-state index contributed by atoms with van der Waals surface area (Å²) in [5.41, 5.74) is 18.8. The van der Waals surface area contributed by atoms with Gasteiger partial charge in [0.2, 0.25) is 0 Å². The van der Waals surface area contributed by atoms with Crippen molar-refractivity contribution in [1.29, 1.82) is 0 Å². The van der Waals surface area contributed by atoms with Gasteiger partial charge < -0.3 is 18.9 Å². The van der Waals surface area contributed by atoms with E-state index in [0.717, 1.165) is 5.69 Å². The number of benzene rings is 8. The van der Waals surface area contributed by atoms with Gasteiger partial charge in [0.1, 0.15) is 0 Å². The second kappa shape index (κ2) is 9.87. The molecule has 3 aliphatic heterocycles. The molecule has 0 fully saturated rings. The fourth-order valence-electron chi connectivity index (χ4n) is 10.1. The first-order chi connectivity index (χ1) is 26.4. The Hall–Kier alpha value is -6.98. The first-order valence-corrected chi connectivity index (χ1v) is 18.4. The van der Waals surface area contributed by atoms with Crippen molar-refractivity contribution in [2.45, 2.75) is 0 Å². The van der Waals surface area contributed by atoms with Gasteiger partial charge >= 0.3 is 0 Å². The molecule has 13 rings (SSSR count). The predicted octanol–water partition coefficient (Wildman–Crippen LogP) is 10.3. The molecule has 0 saturated carbocycles. The van der Waals surface area contributed by atoms with Gasteiger partial charge in [-0.1, -0.05) is 103 Å². The summed E-state index contributed by atoms with van der Waals surface area (Å²) in [6, 6.07) is 64.9. The van der Waals surface area contributed by atoms with Crippen molar-refractivity contribution < 1.29 is 0 Å². The summed E-state index contributed by atoms with van der Waals surface area (Å²) in [6.07, 6.45) is 0. The van der Waals surface area contributed by atoms with Crippen molar-refractivity contribution in [3.05, 3.63) is 176 Å². The van der Waals surface area contributed by atoms with Crippen molar-refractivity contribution in [2.75, 3.05) is 9.80 Å². The molecule has 0 atom stereocenters. The molecule has 53 heavy (non-hydrogen) atoms. The van der Waals surface area contributed by atoms with Gasteiger partial charge in [0, 0.05) is 67.0 Å². The van der Waals surface area contributed by atoms with Crippen molar-refractivity contribution >= 4 is 101 Å². The van der Waals surface area contributed by atoms with Crippen LogP contribution < -0.4 is 26.2 Å². The van der Waals surface area contributed by atoms with E-state index in [1.54, 1.807) is 0 Å². The second-order valence-electron chi connectivity index (χ2n) is 14.5. The van der Waals surface area contributed by atoms with Gasteiger partial charge in [-0.3, -0.25) is 0 Å². The first-order valence-electron chi connectivity index (χ1n) is 18.4. The predicted molar refractivity (Wildman–Crippen MR) is 223 cm³/mol. The number of nitrogens with zero attached hydrogens (tertiary/aromatic N) is 4. The summed E-state index contributed by atoms with van der Waals surface area (Å²) in [7, 11) is 0. The third kappa shape index (κ3) is 3.34. The van der Waals surface area contributed by atoms with Gasteiger partial charge in [0.25, 0.3) is 6.71 Å². The van der Waals surface area contributed by atoms with E-state index in [9.17, 15) is 0 Å². The average molecular weight is 673 g/mol. The lowest BCUT2D eigenvalue weighted by molar-refractivity contribution is 1.14. The zero-order valence-corrected chi connectivity index (χ0v) is 28.6. The molecule has 5 heteroatoms. The van der Waals surface area contributed by atoms with E-state index in [1.807, 2.05) is 0 Å². The third-order valence-corrected chi connectivity index (χ3v) is 12.0. The molecular formula is C48H29BN4. The smallest absolute Gasteiger partial charge is 0.257 e. The number of hydrogen-bond donors (Lipinski definition) is 0. The molecule has 3 aliphatic rings. The number of hydrogen-bond acceptors (Lipinski definition) is 2. The molecule has 4 nitrogen and oxygen atoms in total. The summed E-state index contributed by atoms with van der Waals surface area (Å²) in [4.78, 5) is 5.00. The van der Waals surface area contributed by atoms with Crippen LogP contribution in [0.3, 0.4) is 0 Å². The van der Waals surface area contributed by atoms with E-state index >= 15 is 0 Å². The molecule has 0 spiro atoms. The van der Waals surface area contributed by atoms with Gasteiger partial charge in [-0.25, -0.2) is 0 Å². The van der Waals surface area contributed by atoms with Crippen LogP contribution in [0.1, 0.15) is 0 Å². The van der Waals surface area contributed by atoms with Gasteiger partial charge in [0.05, 0.1) is 22.1 Å². The van der Waals surface area contributed by atoms with E-state index < -0.39 is 0 Å². The van der Waals surface area contributed by atoms with Crippen LogP contribution in [0.2, 0.25) is 0 Å². The molecule has 0 aliphatic carbocycles. The number of fused-ring (bicyclic) bond motifs is 8. The molecule has 0 amide bonds. The molecule has 0 unspecified atom stereocenters. The van der Waals surface area contributed by atoms with E-state index in [1.165, 1.54) is 99.8 Å². The summed E-state index contributed by atoms with van der Waals surface area (Å²) in [6.45, 7) is 0.0818. The summed E-state index contributed by atoms with van der Waals surface area (Å²) < 4.78 is 5.12. The number of aromatic nitrogens is 2. The minimum Gasteiger partial charge on any atom is -0.311 e. The highest BCUT2D eigenvalue weighted by Gasteiger charge is 2.48. The lowest BCUT2D eigenvalue weighted by Crippen LogP contribution is -2.64. The van der Waals surface area contributed by atoms with Gasteiger partial charge in [0.15, 0.2) is 0 Å². The van der Waals surface area contributed by atoms with Crippen LogP contribution in [0.5, 0.6) is 0 Å². The van der Waals surface area contributed by atoms with Crippen LogP contribution >= 0.6 is 0 Å². The number of anilines is 6. The van der Waals surface area contributed by atoms with Crippen LogP contribution in [0, 0.1) is 0 Å². The topological polar surface area (TPSA) is 16.3 Å². The fraction of sp³-hybridized carbons (Fsp3) is 0. The Morgan fingerprint density at radius 3 is 1.38 bits per heavy atom. The average Bonchev–Trinajstić information content (AvgIpc) is 3.75. The summed E-state index contributed by atoms with van der Waals surface area (Å²) >= 11 is 0. The largest absolute Gasteiger partial charge is 0.311 e. The standard InChI is InChI=1S/C48H29BN4/c1-4-14-30(15-5-1)50-38-22-12-23-39-43(38)49-44-40(50)24-13-25-41(44)53-46-35(28-29-42(45(46)49)51(39)31-16-6-2-7-17-31)36-27-26-34-33-20-10-11-21-37(33)52(47(34)48(36)53)32-18-8-3-9-19-32/h1-29H. The Morgan fingerprint density at radius 1 is 0.283 bits per heavy atom. The molecule has 244 valence electrons. The maximum Gasteiger partial charge on any atom is 0.257 e. The maximum absolute atomic E-state index is 2.63. The van der Waals surface area contributed by atoms with Crippen molar-refractivity contribution in [1.82, 2.24) is 9.13 Å². The van der Waals surface area contributed by atoms with E-state index in [4.69, 9.17) is 0 Å². The molecular weight excluding hydrogens is 643 g/mol. The molecule has 0 radical (unpaired) electrons. The minimum atomic E-state index is 0.0818. The molecule has 0 bridgehead atoms. The zero-order valence-electron chi connectivity index (χ0n) is 28.6. The minimum absolute atomic E-state index is 0.0818. The lowest BCUT2D eigenvalue weighted by atomic mass is 9.32. The third-order valence-electron chi connectivity index (χ3n) is 12.0. The maximum atomic E-state index is 2.63. The number of rotatable bonds is 3. The molecule has 10 aromatic rings. The number of para-hydroxylation sites is 4. The van der Waals surface area contributed by atoms with E-state index in [-0.39, 0.29) is 6.71 Å². The van der Waals surface area contributed by atoms with Crippen molar-refractivity contribution in [2.24, 2.45) is 0 Å². The summed E-state index contributed by atoms with van der Waals surface area (Å²) in [5.74, 6) is 0. The monoisotopic (exact) mass is 672 g/mol. The zero-order chi connectivity index (χ0) is 34.4. The van der Waals surface area contributed by atoms with Gasteiger partial charge in [-0.2, -0.15) is 0 Å². The Morgan fingerprint density at radius 2 is 0.736 bits per heavy atom. The van der Waals surface area contributed by atoms with Crippen LogP contribution in [-0.4, -0.2) is 15.8 Å². The van der Waals surface area contributed by atoms with Crippen LogP contribution in [0.15, 0.2) is 176 Å². The normalized spacial score (nSPS) is 13.5. The molecule has 0 N–H and O–H groups in total. The Bertz CT molecular complexity index is 3170. The Balaban J connectivity index is 1.27. The van der Waals surface area contributed by atoms with Crippen LogP contribution in [0.4, 0.5) is 34.1 Å². The van der Waals surface area contributed by atoms with E-state index in [0.29, 0.717) is 0 Å². The molecule has 2 aromatic heterocycles. The molecule has 0 saturated heterocycles. The van der Waals surface area contributed by atoms with Crippen molar-refractivity contribution in [3.63, 3.8) is 0 Å². The highest BCUT2D eigenvalue weighted by Crippen LogP contribution is 2.49. The highest BCUT2D eigenvalue weighted by atomic mass is 15.2. The van der Waals surface area contributed by atoms with Crippen molar-refractivity contribution in [3.8, 4) is 11.4 Å². The van der Waals surface area contributed by atoms with E-state index in [2.05, 4.69) is 195 Å². The summed E-state index contributed by atoms with van der Waals surface area (Å²) in [5, 5.41) is 5.10. The van der Waals surface area contributed by atoms with Gasteiger partial charge in [-0.15, -0.1) is 0 Å². The quantitative estimate of drug-likeness (QED) is 0.174. The van der Waals surface area contributed by atoms with Crippen LogP contribution in [-0.2, 0) is 0 Å². The molecule has 8 aromatic carbocycles. The molecule has 5 heterocycles. The lowest BCUT2D eigenvalue weighted by Gasteiger charge is -2.46. The van der Waals surface area contributed by atoms with Crippen LogP contribution in [0.25, 0.3) is 55.0 Å². The second-order valence-corrected chi connectivity index (χ2v) is 14.5. The highest BCUT2D eigenvalue weighted by molar-refractivity contribution is 7.02. The Labute approximate surface area is 306 Å². The fourth-order valence-corrected chi connectivity index (χ4v) is 10.1. The van der Waals surface area contributed by atoms with Gasteiger partial charge in [-0.05, 0) is 89.2 Å².